The summed E-state index contributed by atoms with van der Waals surface area (Å²) in [5.74, 6) is 0. The molecule has 0 amide bonds. The topological polar surface area (TPSA) is 55.1 Å². The Labute approximate surface area is 112 Å². The SMILES string of the molecule is CCCn1c(=O)c(CCC(C)O)nc2ccccc21. The van der Waals surface area contributed by atoms with Gasteiger partial charge in [-0.25, -0.2) is 4.98 Å². The normalized spacial score (nSPS) is 12.8. The molecule has 0 aliphatic rings. The van der Waals surface area contributed by atoms with Crippen molar-refractivity contribution in [2.24, 2.45) is 0 Å². The van der Waals surface area contributed by atoms with E-state index in [9.17, 15) is 9.90 Å². The van der Waals surface area contributed by atoms with E-state index in [1.807, 2.05) is 24.3 Å². The fraction of sp³-hybridized carbons (Fsp3) is 0.467. The highest BCUT2D eigenvalue weighted by atomic mass is 16.3. The van der Waals surface area contributed by atoms with Crippen LogP contribution in [0.5, 0.6) is 0 Å². The van der Waals surface area contributed by atoms with Gasteiger partial charge in [-0.15, -0.1) is 0 Å². The van der Waals surface area contributed by atoms with Crippen molar-refractivity contribution in [3.8, 4) is 0 Å². The quantitative estimate of drug-likeness (QED) is 0.896. The first-order chi connectivity index (χ1) is 9.13. The van der Waals surface area contributed by atoms with E-state index in [4.69, 9.17) is 0 Å². The Morgan fingerprint density at radius 3 is 2.79 bits per heavy atom. The zero-order valence-corrected chi connectivity index (χ0v) is 11.5. The van der Waals surface area contributed by atoms with E-state index in [0.29, 0.717) is 25.1 Å². The van der Waals surface area contributed by atoms with Crippen LogP contribution in [-0.4, -0.2) is 20.8 Å². The van der Waals surface area contributed by atoms with Gasteiger partial charge in [-0.2, -0.15) is 0 Å². The lowest BCUT2D eigenvalue weighted by Crippen LogP contribution is -2.26. The number of nitrogens with zero attached hydrogens (tertiary/aromatic N) is 2. The summed E-state index contributed by atoms with van der Waals surface area (Å²) in [6, 6.07) is 7.70. The number of aliphatic hydroxyl groups is 1. The third-order valence-corrected chi connectivity index (χ3v) is 3.17. The molecule has 2 rings (SSSR count). The maximum Gasteiger partial charge on any atom is 0.272 e. The number of fused-ring (bicyclic) bond motifs is 1. The van der Waals surface area contributed by atoms with E-state index in [1.165, 1.54) is 0 Å². The van der Waals surface area contributed by atoms with Crippen LogP contribution in [0.15, 0.2) is 29.1 Å². The molecule has 4 nitrogen and oxygen atoms in total. The van der Waals surface area contributed by atoms with Crippen LogP contribution >= 0.6 is 0 Å². The van der Waals surface area contributed by atoms with E-state index in [0.717, 1.165) is 17.5 Å². The lowest BCUT2D eigenvalue weighted by atomic mass is 10.1. The van der Waals surface area contributed by atoms with Crippen molar-refractivity contribution < 1.29 is 5.11 Å². The van der Waals surface area contributed by atoms with Gasteiger partial charge >= 0.3 is 0 Å². The van der Waals surface area contributed by atoms with Crippen LogP contribution in [0.2, 0.25) is 0 Å². The molecule has 1 atom stereocenters. The highest BCUT2D eigenvalue weighted by Crippen LogP contribution is 2.11. The number of rotatable bonds is 5. The molecule has 1 heterocycles. The molecule has 1 aromatic heterocycles. The molecule has 2 aromatic rings. The minimum absolute atomic E-state index is 0.0267. The summed E-state index contributed by atoms with van der Waals surface area (Å²) in [6.45, 7) is 4.48. The van der Waals surface area contributed by atoms with Crippen molar-refractivity contribution in [1.82, 2.24) is 9.55 Å². The summed E-state index contributed by atoms with van der Waals surface area (Å²) in [5.41, 5.74) is 2.25. The van der Waals surface area contributed by atoms with Crippen LogP contribution in [-0.2, 0) is 13.0 Å². The van der Waals surface area contributed by atoms with Crippen LogP contribution in [0, 0.1) is 0 Å². The molecule has 102 valence electrons. The molecule has 0 aliphatic heterocycles. The molecule has 0 fully saturated rings. The minimum Gasteiger partial charge on any atom is -0.393 e. The maximum absolute atomic E-state index is 12.4. The molecule has 0 saturated carbocycles. The lowest BCUT2D eigenvalue weighted by Gasteiger charge is -2.11. The number of aliphatic hydroxyl groups excluding tert-OH is 1. The molecule has 1 aromatic carbocycles. The highest BCUT2D eigenvalue weighted by molar-refractivity contribution is 5.74. The maximum atomic E-state index is 12.4. The van der Waals surface area contributed by atoms with Gasteiger partial charge in [0.2, 0.25) is 0 Å². The fourth-order valence-electron chi connectivity index (χ4n) is 2.20. The van der Waals surface area contributed by atoms with Gasteiger partial charge in [0.25, 0.3) is 5.56 Å². The Bertz CT molecular complexity index is 617. The molecular weight excluding hydrogens is 240 g/mol. The second-order valence-corrected chi connectivity index (χ2v) is 4.89. The third-order valence-electron chi connectivity index (χ3n) is 3.17. The second kappa shape index (κ2) is 5.97. The number of hydrogen-bond acceptors (Lipinski definition) is 3. The average Bonchev–Trinajstić information content (AvgIpc) is 2.40. The highest BCUT2D eigenvalue weighted by Gasteiger charge is 2.10. The van der Waals surface area contributed by atoms with Crippen molar-refractivity contribution in [2.75, 3.05) is 0 Å². The number of para-hydroxylation sites is 2. The van der Waals surface area contributed by atoms with Crippen molar-refractivity contribution in [3.63, 3.8) is 0 Å². The number of aromatic nitrogens is 2. The predicted molar refractivity (Wildman–Crippen MR) is 76.3 cm³/mol. The molecule has 0 spiro atoms. The van der Waals surface area contributed by atoms with Gasteiger partial charge in [-0.1, -0.05) is 19.1 Å². The number of benzene rings is 1. The fourth-order valence-corrected chi connectivity index (χ4v) is 2.20. The Hall–Kier alpha value is -1.68. The van der Waals surface area contributed by atoms with E-state index in [-0.39, 0.29) is 5.56 Å². The summed E-state index contributed by atoms with van der Waals surface area (Å²) in [6.07, 6.45) is 1.58. The summed E-state index contributed by atoms with van der Waals surface area (Å²) in [4.78, 5) is 16.8. The monoisotopic (exact) mass is 260 g/mol. The van der Waals surface area contributed by atoms with Crippen molar-refractivity contribution >= 4 is 11.0 Å². The van der Waals surface area contributed by atoms with E-state index in [1.54, 1.807) is 11.5 Å². The van der Waals surface area contributed by atoms with Gasteiger partial charge in [0.05, 0.1) is 17.1 Å². The summed E-state index contributed by atoms with van der Waals surface area (Å²) in [7, 11) is 0. The third kappa shape index (κ3) is 3.01. The number of aryl methyl sites for hydroxylation is 2. The zero-order chi connectivity index (χ0) is 13.8. The van der Waals surface area contributed by atoms with E-state index < -0.39 is 6.10 Å². The van der Waals surface area contributed by atoms with E-state index >= 15 is 0 Å². The van der Waals surface area contributed by atoms with Crippen molar-refractivity contribution in [2.45, 2.75) is 45.8 Å². The largest absolute Gasteiger partial charge is 0.393 e. The Balaban J connectivity index is 2.53. The van der Waals surface area contributed by atoms with Crippen molar-refractivity contribution in [3.05, 3.63) is 40.3 Å². The molecule has 1 unspecified atom stereocenters. The van der Waals surface area contributed by atoms with Crippen LogP contribution in [0.1, 0.15) is 32.4 Å². The van der Waals surface area contributed by atoms with Gasteiger partial charge in [0, 0.05) is 6.54 Å². The molecule has 0 bridgehead atoms. The molecule has 4 heteroatoms. The molecular formula is C15H20N2O2. The second-order valence-electron chi connectivity index (χ2n) is 4.89. The van der Waals surface area contributed by atoms with Gasteiger partial charge in [-0.3, -0.25) is 4.79 Å². The predicted octanol–water partition coefficient (Wildman–Crippen LogP) is 2.12. The van der Waals surface area contributed by atoms with Gasteiger partial charge in [0.1, 0.15) is 5.69 Å². The first-order valence-electron chi connectivity index (χ1n) is 6.80. The lowest BCUT2D eigenvalue weighted by molar-refractivity contribution is 0.184. The first kappa shape index (κ1) is 13.7. The van der Waals surface area contributed by atoms with Crippen LogP contribution in [0.3, 0.4) is 0 Å². The standard InChI is InChI=1S/C15H20N2O2/c1-3-10-17-14-7-5-4-6-12(14)16-13(15(17)19)9-8-11(2)18/h4-7,11,18H,3,8-10H2,1-2H3. The minimum atomic E-state index is -0.410. The Morgan fingerprint density at radius 1 is 1.37 bits per heavy atom. The van der Waals surface area contributed by atoms with Crippen LogP contribution in [0.4, 0.5) is 0 Å². The van der Waals surface area contributed by atoms with Crippen LogP contribution < -0.4 is 5.56 Å². The average molecular weight is 260 g/mol. The van der Waals surface area contributed by atoms with E-state index in [2.05, 4.69) is 11.9 Å². The zero-order valence-electron chi connectivity index (χ0n) is 11.5. The smallest absolute Gasteiger partial charge is 0.272 e. The van der Waals surface area contributed by atoms with Crippen molar-refractivity contribution in [1.29, 1.82) is 0 Å². The van der Waals surface area contributed by atoms with Gasteiger partial charge in [-0.05, 0) is 38.3 Å². The molecule has 0 radical (unpaired) electrons. The molecule has 19 heavy (non-hydrogen) atoms. The molecule has 1 N–H and O–H groups in total. The van der Waals surface area contributed by atoms with Crippen LogP contribution in [0.25, 0.3) is 11.0 Å². The first-order valence-corrected chi connectivity index (χ1v) is 6.80. The number of hydrogen-bond donors (Lipinski definition) is 1. The summed E-state index contributed by atoms with van der Waals surface area (Å²) >= 11 is 0. The van der Waals surface area contributed by atoms with Gasteiger partial charge < -0.3 is 9.67 Å². The summed E-state index contributed by atoms with van der Waals surface area (Å²) < 4.78 is 1.79. The summed E-state index contributed by atoms with van der Waals surface area (Å²) in [5, 5.41) is 9.35. The molecule has 0 saturated heterocycles. The molecule has 0 aliphatic carbocycles. The Kier molecular flexibility index (Phi) is 4.32. The van der Waals surface area contributed by atoms with Gasteiger partial charge in [0.15, 0.2) is 0 Å². The Morgan fingerprint density at radius 2 is 2.11 bits per heavy atom.